The second-order valence-corrected chi connectivity index (χ2v) is 8.93. The first kappa shape index (κ1) is 22.0. The van der Waals surface area contributed by atoms with Crippen LogP contribution in [-0.4, -0.2) is 35.5 Å². The number of benzene rings is 2. The minimum absolute atomic E-state index is 0.0676. The Bertz CT molecular complexity index is 1160. The highest BCUT2D eigenvalue weighted by molar-refractivity contribution is 6.23. The van der Waals surface area contributed by atoms with Crippen molar-refractivity contribution < 1.29 is 23.9 Å². The molecule has 1 saturated carbocycles. The first-order valence-corrected chi connectivity index (χ1v) is 11.6. The first-order chi connectivity index (χ1) is 16.5. The van der Waals surface area contributed by atoms with Crippen LogP contribution in [0, 0.1) is 17.2 Å². The summed E-state index contributed by atoms with van der Waals surface area (Å²) in [5, 5.41) is 9.04. The van der Waals surface area contributed by atoms with Gasteiger partial charge in [0.1, 0.15) is 6.04 Å². The molecule has 0 N–H and O–H groups in total. The fourth-order valence-corrected chi connectivity index (χ4v) is 4.98. The zero-order valence-corrected chi connectivity index (χ0v) is 18.7. The molecule has 3 aliphatic rings. The van der Waals surface area contributed by atoms with Crippen molar-refractivity contribution in [3.63, 3.8) is 0 Å². The lowest BCUT2D eigenvalue weighted by Gasteiger charge is -2.32. The molecule has 3 amide bonds. The van der Waals surface area contributed by atoms with Crippen LogP contribution in [0.1, 0.15) is 49.7 Å². The molecule has 0 aromatic heterocycles. The molecule has 1 aliphatic carbocycles. The van der Waals surface area contributed by atoms with Crippen LogP contribution in [-0.2, 0) is 20.9 Å². The molecule has 1 unspecified atom stereocenters. The number of hydrogen-bond acceptors (Lipinski definition) is 6. The Morgan fingerprint density at radius 3 is 2.50 bits per heavy atom. The number of hydrogen-bond donors (Lipinski definition) is 0. The smallest absolute Gasteiger partial charge is 0.257 e. The summed E-state index contributed by atoms with van der Waals surface area (Å²) in [7, 11) is 0. The summed E-state index contributed by atoms with van der Waals surface area (Å²) in [5.41, 5.74) is 1.66. The molecule has 2 aromatic rings. The maximum Gasteiger partial charge on any atom is 0.257 e. The van der Waals surface area contributed by atoms with Gasteiger partial charge in [-0.15, -0.1) is 0 Å². The molecule has 174 valence electrons. The second kappa shape index (κ2) is 9.18. The van der Waals surface area contributed by atoms with Crippen molar-refractivity contribution in [1.29, 1.82) is 5.26 Å². The summed E-state index contributed by atoms with van der Waals surface area (Å²) in [5.74, 6) is 0.259. The van der Waals surface area contributed by atoms with E-state index in [2.05, 4.69) is 0 Å². The predicted octanol–water partition coefficient (Wildman–Crippen LogP) is 3.53. The van der Waals surface area contributed by atoms with E-state index in [4.69, 9.17) is 14.7 Å². The molecule has 1 atom stereocenters. The molecule has 8 nitrogen and oxygen atoms in total. The van der Waals surface area contributed by atoms with Crippen molar-refractivity contribution in [2.75, 3.05) is 11.7 Å². The Morgan fingerprint density at radius 2 is 1.76 bits per heavy atom. The lowest BCUT2D eigenvalue weighted by Crippen LogP contribution is -2.47. The lowest BCUT2D eigenvalue weighted by molar-refractivity contribution is -0.143. The number of carbonyl (C=O) groups excluding carboxylic acids is 3. The fourth-order valence-electron chi connectivity index (χ4n) is 4.98. The van der Waals surface area contributed by atoms with Gasteiger partial charge in [0, 0.05) is 12.5 Å². The summed E-state index contributed by atoms with van der Waals surface area (Å²) in [4.78, 5) is 42.8. The SMILES string of the molecule is N#Cc1ccc(N2C(=O)CC(N(Cc3ccc4c(c3)OCO4)C(=O)C3CCCCC3)C2=O)cc1. The van der Waals surface area contributed by atoms with Crippen molar-refractivity contribution >= 4 is 23.4 Å². The van der Waals surface area contributed by atoms with E-state index in [1.807, 2.05) is 18.2 Å². The van der Waals surface area contributed by atoms with E-state index < -0.39 is 11.9 Å². The van der Waals surface area contributed by atoms with Gasteiger partial charge in [-0.1, -0.05) is 25.3 Å². The Balaban J connectivity index is 1.44. The van der Waals surface area contributed by atoms with Gasteiger partial charge in [-0.05, 0) is 54.8 Å². The quantitative estimate of drug-likeness (QED) is 0.634. The number of amides is 3. The number of imide groups is 1. The molecule has 0 radical (unpaired) electrons. The predicted molar refractivity (Wildman–Crippen MR) is 122 cm³/mol. The van der Waals surface area contributed by atoms with Gasteiger partial charge in [0.15, 0.2) is 11.5 Å². The third-order valence-electron chi connectivity index (χ3n) is 6.78. The highest BCUT2D eigenvalue weighted by atomic mass is 16.7. The van der Waals surface area contributed by atoms with E-state index in [9.17, 15) is 14.4 Å². The second-order valence-electron chi connectivity index (χ2n) is 8.93. The molecule has 0 spiro atoms. The molecule has 1 saturated heterocycles. The van der Waals surface area contributed by atoms with E-state index in [0.717, 1.165) is 42.6 Å². The van der Waals surface area contributed by atoms with Crippen molar-refractivity contribution in [3.8, 4) is 17.6 Å². The van der Waals surface area contributed by atoms with Crippen LogP contribution in [0.4, 0.5) is 5.69 Å². The van der Waals surface area contributed by atoms with Gasteiger partial charge in [0.2, 0.25) is 18.6 Å². The number of nitriles is 1. The lowest BCUT2D eigenvalue weighted by atomic mass is 9.87. The Morgan fingerprint density at radius 1 is 1.03 bits per heavy atom. The average Bonchev–Trinajstić information content (AvgIpc) is 3.46. The number of ether oxygens (including phenoxy) is 2. The van der Waals surface area contributed by atoms with E-state index in [1.54, 1.807) is 35.2 Å². The zero-order valence-electron chi connectivity index (χ0n) is 18.7. The van der Waals surface area contributed by atoms with Crippen LogP contribution >= 0.6 is 0 Å². The van der Waals surface area contributed by atoms with Crippen LogP contribution in [0.5, 0.6) is 11.5 Å². The molecular formula is C26H25N3O5. The molecule has 8 heteroatoms. The molecule has 0 bridgehead atoms. The van der Waals surface area contributed by atoms with Gasteiger partial charge in [-0.25, -0.2) is 4.90 Å². The van der Waals surface area contributed by atoms with Crippen LogP contribution < -0.4 is 14.4 Å². The maximum atomic E-state index is 13.7. The molecule has 34 heavy (non-hydrogen) atoms. The molecular weight excluding hydrogens is 434 g/mol. The van der Waals surface area contributed by atoms with E-state index >= 15 is 0 Å². The minimum Gasteiger partial charge on any atom is -0.454 e. The van der Waals surface area contributed by atoms with Crippen molar-refractivity contribution in [2.45, 2.75) is 51.1 Å². The summed E-state index contributed by atoms with van der Waals surface area (Å²) < 4.78 is 10.9. The largest absolute Gasteiger partial charge is 0.454 e. The number of rotatable bonds is 5. The van der Waals surface area contributed by atoms with Crippen molar-refractivity contribution in [1.82, 2.24) is 4.90 Å². The minimum atomic E-state index is -0.872. The van der Waals surface area contributed by atoms with Gasteiger partial charge in [0.25, 0.3) is 5.91 Å². The van der Waals surface area contributed by atoms with Gasteiger partial charge in [-0.3, -0.25) is 14.4 Å². The van der Waals surface area contributed by atoms with Gasteiger partial charge in [0.05, 0.1) is 23.7 Å². The van der Waals surface area contributed by atoms with E-state index in [0.29, 0.717) is 22.7 Å². The number of nitrogens with zero attached hydrogens (tertiary/aromatic N) is 3. The number of anilines is 1. The Kier molecular flexibility index (Phi) is 5.93. The van der Waals surface area contributed by atoms with Crippen molar-refractivity contribution in [3.05, 3.63) is 53.6 Å². The topological polar surface area (TPSA) is 99.9 Å². The molecule has 2 aromatic carbocycles. The normalized spacial score (nSPS) is 19.9. The Hall–Kier alpha value is -3.86. The van der Waals surface area contributed by atoms with E-state index in [1.165, 1.54) is 0 Å². The highest BCUT2D eigenvalue weighted by Crippen LogP contribution is 2.35. The van der Waals surface area contributed by atoms with Crippen LogP contribution in [0.25, 0.3) is 0 Å². The summed E-state index contributed by atoms with van der Waals surface area (Å²) >= 11 is 0. The highest BCUT2D eigenvalue weighted by Gasteiger charge is 2.45. The van der Waals surface area contributed by atoms with Gasteiger partial charge < -0.3 is 14.4 Å². The van der Waals surface area contributed by atoms with Crippen LogP contribution in [0.3, 0.4) is 0 Å². The summed E-state index contributed by atoms with van der Waals surface area (Å²) in [6.45, 7) is 0.357. The monoisotopic (exact) mass is 459 g/mol. The first-order valence-electron chi connectivity index (χ1n) is 11.6. The average molecular weight is 460 g/mol. The summed E-state index contributed by atoms with van der Waals surface area (Å²) in [6.07, 6.45) is 4.61. The molecule has 5 rings (SSSR count). The third kappa shape index (κ3) is 4.10. The van der Waals surface area contributed by atoms with E-state index in [-0.39, 0.29) is 37.5 Å². The molecule has 2 heterocycles. The van der Waals surface area contributed by atoms with Crippen molar-refractivity contribution in [2.24, 2.45) is 5.92 Å². The molecule has 2 fully saturated rings. The maximum absolute atomic E-state index is 13.7. The number of carbonyl (C=O) groups is 3. The summed E-state index contributed by atoms with van der Waals surface area (Å²) in [6, 6.07) is 12.9. The van der Waals surface area contributed by atoms with Gasteiger partial charge >= 0.3 is 0 Å². The standard InChI is InChI=1S/C26H25N3O5/c27-14-17-6-9-20(10-7-17)29-24(30)13-21(26(29)32)28(25(31)19-4-2-1-3-5-19)15-18-8-11-22-23(12-18)34-16-33-22/h6-12,19,21H,1-5,13,15-16H2. The van der Waals surface area contributed by atoms with Gasteiger partial charge in [-0.2, -0.15) is 5.26 Å². The fraction of sp³-hybridized carbons (Fsp3) is 0.385. The zero-order chi connectivity index (χ0) is 23.7. The van der Waals surface area contributed by atoms with Crippen LogP contribution in [0.15, 0.2) is 42.5 Å². The number of fused-ring (bicyclic) bond motifs is 1. The Labute approximate surface area is 197 Å². The van der Waals surface area contributed by atoms with Crippen LogP contribution in [0.2, 0.25) is 0 Å². The molecule has 2 aliphatic heterocycles. The third-order valence-corrected chi connectivity index (χ3v) is 6.78.